The van der Waals surface area contributed by atoms with Crippen molar-refractivity contribution >= 4 is 7.60 Å². The smallest absolute Gasteiger partial charge is 0.320 e. The molecule has 0 aliphatic rings. The molecule has 0 spiro atoms. The third-order valence-corrected chi connectivity index (χ3v) is 8.85. The average Bonchev–Trinajstić information content (AvgIpc) is 2.75. The molecular formula is C28H59NO3P+. The first-order valence-corrected chi connectivity index (χ1v) is 15.8. The molecule has 0 bridgehead atoms. The molecule has 198 valence electrons. The predicted octanol–water partition coefficient (Wildman–Crippen LogP) is 9.23. The number of hydrogen-bond donors (Lipinski definition) is 1. The first kappa shape index (κ1) is 32.8. The van der Waals surface area contributed by atoms with Crippen LogP contribution in [0.5, 0.6) is 0 Å². The number of unbranched alkanes of at least 4 members (excludes halogenated alkanes) is 16. The van der Waals surface area contributed by atoms with E-state index in [2.05, 4.69) is 26.0 Å². The molecule has 0 heterocycles. The number of allylic oxidation sites excluding steroid dienone is 2. The SMILES string of the molecule is C/C=C\CCCCCCCCCCCCCCCCCCOP(=O)(O)C(CCC)[N+](C)(C)C. The second-order valence-corrected chi connectivity index (χ2v) is 12.8. The maximum absolute atomic E-state index is 12.7. The van der Waals surface area contributed by atoms with Gasteiger partial charge in [0.05, 0.1) is 27.7 Å². The van der Waals surface area contributed by atoms with E-state index in [1.807, 2.05) is 21.1 Å². The zero-order chi connectivity index (χ0) is 24.8. The second kappa shape index (κ2) is 21.2. The van der Waals surface area contributed by atoms with E-state index in [0.29, 0.717) is 17.5 Å². The first-order chi connectivity index (χ1) is 15.8. The van der Waals surface area contributed by atoms with E-state index >= 15 is 0 Å². The highest BCUT2D eigenvalue weighted by Gasteiger charge is 2.41. The quantitative estimate of drug-likeness (QED) is 0.0637. The summed E-state index contributed by atoms with van der Waals surface area (Å²) in [5, 5.41) is 0. The zero-order valence-corrected chi connectivity index (χ0v) is 23.9. The Balaban J connectivity index is 3.46. The van der Waals surface area contributed by atoms with Crippen LogP contribution in [0, 0.1) is 0 Å². The van der Waals surface area contributed by atoms with Crippen molar-refractivity contribution in [1.29, 1.82) is 0 Å². The van der Waals surface area contributed by atoms with Crippen molar-refractivity contribution < 1.29 is 18.5 Å². The van der Waals surface area contributed by atoms with Gasteiger partial charge < -0.3 is 13.9 Å². The van der Waals surface area contributed by atoms with E-state index in [1.54, 1.807) is 0 Å². The lowest BCUT2D eigenvalue weighted by molar-refractivity contribution is -0.883. The summed E-state index contributed by atoms with van der Waals surface area (Å²) in [5.74, 6) is -0.333. The van der Waals surface area contributed by atoms with Crippen molar-refractivity contribution in [3.8, 4) is 0 Å². The van der Waals surface area contributed by atoms with E-state index in [4.69, 9.17) is 4.52 Å². The Morgan fingerprint density at radius 2 is 1.15 bits per heavy atom. The molecule has 2 unspecified atom stereocenters. The van der Waals surface area contributed by atoms with Gasteiger partial charge in [0.25, 0.3) is 0 Å². The summed E-state index contributed by atoms with van der Waals surface area (Å²) in [7, 11) is 2.36. The van der Waals surface area contributed by atoms with Crippen LogP contribution in [0.2, 0.25) is 0 Å². The molecule has 4 nitrogen and oxygen atoms in total. The number of rotatable bonds is 24. The van der Waals surface area contributed by atoms with Crippen molar-refractivity contribution in [2.45, 2.75) is 142 Å². The first-order valence-electron chi connectivity index (χ1n) is 14.1. The molecule has 2 atom stereocenters. The van der Waals surface area contributed by atoms with Crippen molar-refractivity contribution in [2.24, 2.45) is 0 Å². The summed E-state index contributed by atoms with van der Waals surface area (Å²) in [6, 6.07) is 0. The molecule has 0 saturated carbocycles. The molecule has 0 aromatic rings. The van der Waals surface area contributed by atoms with Crippen molar-refractivity contribution in [3.63, 3.8) is 0 Å². The van der Waals surface area contributed by atoms with Crippen LogP contribution < -0.4 is 0 Å². The van der Waals surface area contributed by atoms with Crippen molar-refractivity contribution in [2.75, 3.05) is 27.7 Å². The summed E-state index contributed by atoms with van der Waals surface area (Å²) in [6.45, 7) is 4.57. The molecule has 0 amide bonds. The Morgan fingerprint density at radius 1 is 0.758 bits per heavy atom. The highest BCUT2D eigenvalue weighted by atomic mass is 31.2. The molecule has 0 radical (unpaired) electrons. The lowest BCUT2D eigenvalue weighted by Crippen LogP contribution is -2.45. The maximum Gasteiger partial charge on any atom is 0.385 e. The third kappa shape index (κ3) is 19.8. The Bertz CT molecular complexity index is 502. The van der Waals surface area contributed by atoms with E-state index in [1.165, 1.54) is 96.3 Å². The minimum atomic E-state index is -3.56. The normalized spacial score (nSPS) is 15.2. The summed E-state index contributed by atoms with van der Waals surface area (Å²) >= 11 is 0. The van der Waals surface area contributed by atoms with Gasteiger partial charge in [0.1, 0.15) is 0 Å². The molecule has 0 saturated heterocycles. The second-order valence-electron chi connectivity index (χ2n) is 10.8. The van der Waals surface area contributed by atoms with Gasteiger partial charge in [-0.1, -0.05) is 109 Å². The highest BCUT2D eigenvalue weighted by Crippen LogP contribution is 2.51. The predicted molar refractivity (Wildman–Crippen MR) is 146 cm³/mol. The number of nitrogens with zero attached hydrogens (tertiary/aromatic N) is 1. The summed E-state index contributed by atoms with van der Waals surface area (Å²) in [6.07, 6.45) is 28.5. The molecule has 0 aliphatic heterocycles. The molecule has 0 aromatic carbocycles. The lowest BCUT2D eigenvalue weighted by Gasteiger charge is -2.35. The molecular weight excluding hydrogens is 429 g/mol. The van der Waals surface area contributed by atoms with Gasteiger partial charge in [0.15, 0.2) is 5.78 Å². The van der Waals surface area contributed by atoms with E-state index in [-0.39, 0.29) is 5.78 Å². The van der Waals surface area contributed by atoms with E-state index in [0.717, 1.165) is 19.3 Å². The fourth-order valence-corrected chi connectivity index (χ4v) is 6.56. The topological polar surface area (TPSA) is 46.5 Å². The minimum Gasteiger partial charge on any atom is -0.320 e. The van der Waals surface area contributed by atoms with Gasteiger partial charge in [-0.05, 0) is 32.6 Å². The van der Waals surface area contributed by atoms with Crippen LogP contribution in [0.3, 0.4) is 0 Å². The fraction of sp³-hybridized carbons (Fsp3) is 0.929. The molecule has 0 rings (SSSR count). The maximum atomic E-state index is 12.7. The van der Waals surface area contributed by atoms with Crippen LogP contribution in [0.4, 0.5) is 0 Å². The molecule has 0 fully saturated rings. The Hall–Kier alpha value is -0.150. The molecule has 0 aromatic heterocycles. The molecule has 1 N–H and O–H groups in total. The minimum absolute atomic E-state index is 0.333. The summed E-state index contributed by atoms with van der Waals surface area (Å²) < 4.78 is 18.6. The monoisotopic (exact) mass is 488 g/mol. The van der Waals surface area contributed by atoms with E-state index in [9.17, 15) is 9.46 Å². The van der Waals surface area contributed by atoms with Gasteiger partial charge in [0.2, 0.25) is 0 Å². The van der Waals surface area contributed by atoms with Gasteiger partial charge >= 0.3 is 7.60 Å². The standard InChI is InChI=1S/C28H58NO3P/c1-6-8-9-10-11-12-13-14-15-16-17-18-19-20-21-22-23-24-25-27-32-33(30,31)28(26-7-2)29(3,4)5/h6,8,28H,7,9-27H2,1-5H3/p+1/b8-6-. The van der Waals surface area contributed by atoms with Crippen molar-refractivity contribution in [1.82, 2.24) is 0 Å². The van der Waals surface area contributed by atoms with Crippen LogP contribution in [-0.2, 0) is 9.09 Å². The van der Waals surface area contributed by atoms with Gasteiger partial charge in [-0.25, -0.2) is 0 Å². The summed E-state index contributed by atoms with van der Waals surface area (Å²) in [5.41, 5.74) is 0. The Labute approximate surface area is 207 Å². The number of hydrogen-bond acceptors (Lipinski definition) is 2. The van der Waals surface area contributed by atoms with Crippen LogP contribution in [-0.4, -0.2) is 42.9 Å². The zero-order valence-electron chi connectivity index (χ0n) is 23.0. The average molecular weight is 489 g/mol. The van der Waals surface area contributed by atoms with Crippen LogP contribution in [0.25, 0.3) is 0 Å². The summed E-state index contributed by atoms with van der Waals surface area (Å²) in [4.78, 5) is 10.4. The number of quaternary nitrogens is 1. The van der Waals surface area contributed by atoms with E-state index < -0.39 is 7.60 Å². The van der Waals surface area contributed by atoms with Crippen molar-refractivity contribution in [3.05, 3.63) is 12.2 Å². The van der Waals surface area contributed by atoms with Crippen LogP contribution in [0.15, 0.2) is 12.2 Å². The third-order valence-electron chi connectivity index (χ3n) is 6.59. The largest absolute Gasteiger partial charge is 0.385 e. The Morgan fingerprint density at radius 3 is 1.52 bits per heavy atom. The van der Waals surface area contributed by atoms with Gasteiger partial charge in [-0.2, -0.15) is 0 Å². The van der Waals surface area contributed by atoms with Gasteiger partial charge in [-0.3, -0.25) is 4.57 Å². The van der Waals surface area contributed by atoms with Crippen LogP contribution in [0.1, 0.15) is 136 Å². The molecule has 5 heteroatoms. The fourth-order valence-electron chi connectivity index (χ4n) is 4.53. The van der Waals surface area contributed by atoms with Crippen LogP contribution >= 0.6 is 7.60 Å². The molecule has 0 aliphatic carbocycles. The van der Waals surface area contributed by atoms with Gasteiger partial charge in [0, 0.05) is 6.42 Å². The van der Waals surface area contributed by atoms with Gasteiger partial charge in [-0.15, -0.1) is 0 Å². The molecule has 33 heavy (non-hydrogen) atoms. The Kier molecular flexibility index (Phi) is 21.1. The highest BCUT2D eigenvalue weighted by molar-refractivity contribution is 7.53. The lowest BCUT2D eigenvalue weighted by atomic mass is 10.0.